The number of fused-ring (bicyclic) bond motifs is 3. The fourth-order valence-corrected chi connectivity index (χ4v) is 3.48. The number of esters is 2. The van der Waals surface area contributed by atoms with E-state index in [9.17, 15) is 18.8 Å². The topological polar surface area (TPSA) is 74.6 Å². The molecule has 1 aromatic carbocycles. The molecular formula is C19H20FNO5. The van der Waals surface area contributed by atoms with Gasteiger partial charge in [-0.15, -0.1) is 0 Å². The number of hydrogen-bond acceptors (Lipinski definition) is 5. The highest BCUT2D eigenvalue weighted by Gasteiger charge is 2.36. The number of para-hydroxylation sites is 1. The second-order valence-corrected chi connectivity index (χ2v) is 6.10. The van der Waals surface area contributed by atoms with Crippen molar-refractivity contribution in [2.75, 3.05) is 13.2 Å². The molecule has 3 rings (SSSR count). The number of ether oxygens (including phenoxy) is 2. The van der Waals surface area contributed by atoms with Crippen molar-refractivity contribution in [3.8, 4) is 0 Å². The summed E-state index contributed by atoms with van der Waals surface area (Å²) < 4.78 is 26.0. The minimum Gasteiger partial charge on any atom is -0.466 e. The quantitative estimate of drug-likeness (QED) is 0.603. The molecule has 1 aliphatic rings. The lowest BCUT2D eigenvalue weighted by atomic mass is 9.92. The van der Waals surface area contributed by atoms with Gasteiger partial charge >= 0.3 is 11.9 Å². The third kappa shape index (κ3) is 3.09. The number of ketones is 1. The second kappa shape index (κ2) is 7.27. The van der Waals surface area contributed by atoms with Crippen LogP contribution < -0.4 is 0 Å². The van der Waals surface area contributed by atoms with Gasteiger partial charge in [0.25, 0.3) is 0 Å². The smallest absolute Gasteiger partial charge is 0.316 e. The highest BCUT2D eigenvalue weighted by molar-refractivity contribution is 6.02. The van der Waals surface area contributed by atoms with Gasteiger partial charge in [-0.3, -0.25) is 14.4 Å². The summed E-state index contributed by atoms with van der Waals surface area (Å²) in [4.78, 5) is 36.6. The minimum atomic E-state index is -0.934. The van der Waals surface area contributed by atoms with Crippen LogP contribution in [0.1, 0.15) is 25.1 Å². The van der Waals surface area contributed by atoms with E-state index in [-0.39, 0.29) is 43.9 Å². The molecule has 0 saturated carbocycles. The molecule has 1 aromatic heterocycles. The Kier molecular flexibility index (Phi) is 5.06. The monoisotopic (exact) mass is 361 g/mol. The molecule has 1 atom stereocenters. The van der Waals surface area contributed by atoms with Crippen LogP contribution in [-0.4, -0.2) is 35.5 Å². The molecular weight excluding hydrogens is 341 g/mol. The van der Waals surface area contributed by atoms with Crippen LogP contribution >= 0.6 is 0 Å². The largest absolute Gasteiger partial charge is 0.466 e. The van der Waals surface area contributed by atoms with Crippen LogP contribution in [0.3, 0.4) is 0 Å². The number of halogens is 1. The van der Waals surface area contributed by atoms with E-state index < -0.39 is 23.7 Å². The molecule has 138 valence electrons. The Morgan fingerprint density at radius 1 is 1.23 bits per heavy atom. The lowest BCUT2D eigenvalue weighted by molar-refractivity contribution is -0.152. The maximum atomic E-state index is 14.4. The lowest BCUT2D eigenvalue weighted by Crippen LogP contribution is -2.36. The highest BCUT2D eigenvalue weighted by Crippen LogP contribution is 2.34. The Morgan fingerprint density at radius 3 is 2.65 bits per heavy atom. The highest BCUT2D eigenvalue weighted by atomic mass is 19.1. The fourth-order valence-electron chi connectivity index (χ4n) is 3.48. The Morgan fingerprint density at radius 2 is 1.96 bits per heavy atom. The van der Waals surface area contributed by atoms with Gasteiger partial charge in [0.1, 0.15) is 11.7 Å². The number of Topliss-reactive ketones (excluding diaryl/α,β-unsaturated/α-hetero) is 1. The van der Waals surface area contributed by atoms with Crippen molar-refractivity contribution >= 4 is 28.6 Å². The minimum absolute atomic E-state index is 0.0418. The van der Waals surface area contributed by atoms with Gasteiger partial charge in [-0.1, -0.05) is 12.1 Å². The van der Waals surface area contributed by atoms with E-state index in [4.69, 9.17) is 9.47 Å². The number of rotatable bonds is 5. The summed E-state index contributed by atoms with van der Waals surface area (Å²) in [6, 6.07) is 4.58. The Balaban J connectivity index is 2.11. The van der Waals surface area contributed by atoms with Crippen molar-refractivity contribution < 1.29 is 28.2 Å². The normalized spacial score (nSPS) is 16.4. The van der Waals surface area contributed by atoms with E-state index in [0.29, 0.717) is 16.6 Å². The molecule has 0 radical (unpaired) electrons. The zero-order chi connectivity index (χ0) is 18.8. The van der Waals surface area contributed by atoms with Crippen molar-refractivity contribution in [1.29, 1.82) is 0 Å². The molecule has 0 spiro atoms. The molecule has 0 saturated heterocycles. The van der Waals surface area contributed by atoms with Crippen LogP contribution in [0, 0.1) is 11.7 Å². The van der Waals surface area contributed by atoms with Crippen LogP contribution in [0.25, 0.3) is 10.9 Å². The van der Waals surface area contributed by atoms with Crippen molar-refractivity contribution in [1.82, 2.24) is 4.57 Å². The van der Waals surface area contributed by atoms with Crippen LogP contribution in [0.15, 0.2) is 18.2 Å². The van der Waals surface area contributed by atoms with Crippen LogP contribution in [-0.2, 0) is 43.2 Å². The van der Waals surface area contributed by atoms with Gasteiger partial charge in [-0.25, -0.2) is 4.39 Å². The molecule has 26 heavy (non-hydrogen) atoms. The number of nitrogens with zero attached hydrogens (tertiary/aromatic N) is 1. The number of carbonyl (C=O) groups is 3. The van der Waals surface area contributed by atoms with Gasteiger partial charge in [0, 0.05) is 17.5 Å². The molecule has 2 heterocycles. The van der Waals surface area contributed by atoms with Gasteiger partial charge in [0.05, 0.1) is 31.7 Å². The Labute approximate surface area is 149 Å². The summed E-state index contributed by atoms with van der Waals surface area (Å²) in [5.74, 6) is -2.75. The first-order chi connectivity index (χ1) is 12.5. The average Bonchev–Trinajstić information content (AvgIpc) is 2.89. The van der Waals surface area contributed by atoms with Gasteiger partial charge in [-0.05, 0) is 25.5 Å². The molecule has 2 aromatic rings. The van der Waals surface area contributed by atoms with E-state index in [1.165, 1.54) is 6.07 Å². The van der Waals surface area contributed by atoms with Crippen molar-refractivity contribution in [2.24, 2.45) is 5.92 Å². The Hall–Kier alpha value is -2.70. The van der Waals surface area contributed by atoms with Gasteiger partial charge in [0.15, 0.2) is 5.78 Å². The predicted octanol–water partition coefficient (Wildman–Crippen LogP) is 2.19. The van der Waals surface area contributed by atoms with Crippen molar-refractivity contribution in [3.63, 3.8) is 0 Å². The summed E-state index contributed by atoms with van der Waals surface area (Å²) in [6.45, 7) is 3.67. The third-order valence-electron chi connectivity index (χ3n) is 4.55. The Bertz CT molecular complexity index is 886. The number of benzene rings is 1. The summed E-state index contributed by atoms with van der Waals surface area (Å²) in [5.41, 5.74) is 1.48. The van der Waals surface area contributed by atoms with Crippen LogP contribution in [0.2, 0.25) is 0 Å². The molecule has 0 bridgehead atoms. The number of carbonyl (C=O) groups excluding carboxylic acids is 3. The van der Waals surface area contributed by atoms with E-state index in [0.717, 1.165) is 0 Å². The summed E-state index contributed by atoms with van der Waals surface area (Å²) in [5, 5.41) is 0.561. The molecule has 6 nitrogen and oxygen atoms in total. The molecule has 0 N–H and O–H groups in total. The average molecular weight is 361 g/mol. The second-order valence-electron chi connectivity index (χ2n) is 6.10. The first-order valence-corrected chi connectivity index (χ1v) is 8.61. The molecule has 1 unspecified atom stereocenters. The maximum absolute atomic E-state index is 14.4. The zero-order valence-corrected chi connectivity index (χ0v) is 14.7. The first-order valence-electron chi connectivity index (χ1n) is 8.61. The van der Waals surface area contributed by atoms with E-state index in [1.807, 2.05) is 0 Å². The SMILES string of the molecule is CCOC(=O)Cc1c2n(c3c(F)cccc13)CC(=O)C(C(=O)OCC)C2. The summed E-state index contributed by atoms with van der Waals surface area (Å²) in [7, 11) is 0. The summed E-state index contributed by atoms with van der Waals surface area (Å²) in [6.07, 6.45) is 0.0421. The third-order valence-corrected chi connectivity index (χ3v) is 4.55. The molecule has 1 aliphatic heterocycles. The first kappa shape index (κ1) is 18.1. The molecule has 0 aliphatic carbocycles. The molecule has 0 fully saturated rings. The van der Waals surface area contributed by atoms with Gasteiger partial charge in [-0.2, -0.15) is 0 Å². The molecule has 0 amide bonds. The molecule has 7 heteroatoms. The zero-order valence-electron chi connectivity index (χ0n) is 14.7. The maximum Gasteiger partial charge on any atom is 0.316 e. The lowest BCUT2D eigenvalue weighted by Gasteiger charge is -2.23. The van der Waals surface area contributed by atoms with Gasteiger partial charge < -0.3 is 14.0 Å². The van der Waals surface area contributed by atoms with Crippen LogP contribution in [0.5, 0.6) is 0 Å². The van der Waals surface area contributed by atoms with E-state index >= 15 is 0 Å². The summed E-state index contributed by atoms with van der Waals surface area (Å²) >= 11 is 0. The van der Waals surface area contributed by atoms with Crippen molar-refractivity contribution in [2.45, 2.75) is 33.2 Å². The predicted molar refractivity (Wildman–Crippen MR) is 91.1 cm³/mol. The standard InChI is InChI=1S/C19H20FNO5/c1-3-25-17(23)9-12-11-6-5-7-14(20)18(11)21-10-16(22)13(8-15(12)21)19(24)26-4-2/h5-7,13H,3-4,8-10H2,1-2H3. The van der Waals surface area contributed by atoms with E-state index in [2.05, 4.69) is 0 Å². The van der Waals surface area contributed by atoms with E-state index in [1.54, 1.807) is 30.5 Å². The van der Waals surface area contributed by atoms with Crippen molar-refractivity contribution in [3.05, 3.63) is 35.3 Å². The van der Waals surface area contributed by atoms with Gasteiger partial charge in [0.2, 0.25) is 0 Å². The number of hydrogen-bond donors (Lipinski definition) is 0. The number of aromatic nitrogens is 1. The van der Waals surface area contributed by atoms with Crippen LogP contribution in [0.4, 0.5) is 4.39 Å². The fraction of sp³-hybridized carbons (Fsp3) is 0.421.